The third-order valence-corrected chi connectivity index (χ3v) is 4.31. The molecule has 0 aromatic heterocycles. The van der Waals surface area contributed by atoms with Crippen molar-refractivity contribution in [2.75, 3.05) is 33.3 Å². The average molecular weight is 240 g/mol. The van der Waals surface area contributed by atoms with Gasteiger partial charge in [-0.15, -0.1) is 0 Å². The van der Waals surface area contributed by atoms with E-state index in [0.29, 0.717) is 6.10 Å². The van der Waals surface area contributed by atoms with Crippen LogP contribution >= 0.6 is 0 Å². The zero-order valence-corrected chi connectivity index (χ0v) is 11.5. The molecule has 0 radical (unpaired) electrons. The van der Waals surface area contributed by atoms with Gasteiger partial charge in [0.15, 0.2) is 0 Å². The molecule has 1 aliphatic carbocycles. The van der Waals surface area contributed by atoms with E-state index in [0.717, 1.165) is 25.1 Å². The van der Waals surface area contributed by atoms with Gasteiger partial charge < -0.3 is 15.0 Å². The van der Waals surface area contributed by atoms with Crippen LogP contribution in [-0.2, 0) is 4.74 Å². The molecule has 1 heterocycles. The Balaban J connectivity index is 1.84. The maximum Gasteiger partial charge on any atom is 0.0673 e. The van der Waals surface area contributed by atoms with Gasteiger partial charge in [-0.1, -0.05) is 12.8 Å². The molecule has 17 heavy (non-hydrogen) atoms. The molecule has 100 valence electrons. The molecular weight excluding hydrogens is 212 g/mol. The minimum atomic E-state index is 0.411. The molecule has 2 rings (SSSR count). The summed E-state index contributed by atoms with van der Waals surface area (Å²) < 4.78 is 5.72. The number of rotatable bonds is 3. The molecule has 0 aromatic carbocycles. The van der Waals surface area contributed by atoms with Gasteiger partial charge in [-0.25, -0.2) is 0 Å². The number of nitrogens with zero attached hydrogens (tertiary/aromatic N) is 1. The molecular formula is C14H28N2O. The van der Waals surface area contributed by atoms with Crippen LogP contribution in [0.5, 0.6) is 0 Å². The Morgan fingerprint density at radius 2 is 2.06 bits per heavy atom. The maximum absolute atomic E-state index is 5.72. The molecule has 1 saturated carbocycles. The normalized spacial score (nSPS) is 36.7. The van der Waals surface area contributed by atoms with Gasteiger partial charge in [0.25, 0.3) is 0 Å². The largest absolute Gasteiger partial charge is 0.377 e. The fourth-order valence-electron chi connectivity index (χ4n) is 3.38. The van der Waals surface area contributed by atoms with E-state index in [9.17, 15) is 0 Å². The summed E-state index contributed by atoms with van der Waals surface area (Å²) in [5.74, 6) is 0.846. The Kier molecular flexibility index (Phi) is 5.26. The van der Waals surface area contributed by atoms with E-state index in [1.807, 2.05) is 0 Å². The first kappa shape index (κ1) is 13.3. The van der Waals surface area contributed by atoms with E-state index >= 15 is 0 Å². The van der Waals surface area contributed by atoms with Gasteiger partial charge in [-0.3, -0.25) is 0 Å². The van der Waals surface area contributed by atoms with Gasteiger partial charge in [0.05, 0.1) is 6.10 Å². The van der Waals surface area contributed by atoms with Gasteiger partial charge in [0.2, 0.25) is 0 Å². The average Bonchev–Trinajstić information content (AvgIpc) is 2.54. The Bertz CT molecular complexity index is 222. The molecule has 1 aliphatic heterocycles. The van der Waals surface area contributed by atoms with Crippen LogP contribution in [0.2, 0.25) is 0 Å². The van der Waals surface area contributed by atoms with Crippen molar-refractivity contribution in [3.8, 4) is 0 Å². The van der Waals surface area contributed by atoms with Gasteiger partial charge in [0, 0.05) is 32.3 Å². The second-order valence-electron chi connectivity index (χ2n) is 5.73. The molecule has 0 spiro atoms. The minimum Gasteiger partial charge on any atom is -0.377 e. The molecule has 3 unspecified atom stereocenters. The first-order valence-corrected chi connectivity index (χ1v) is 7.31. The van der Waals surface area contributed by atoms with Crippen LogP contribution in [0, 0.1) is 5.92 Å². The minimum absolute atomic E-state index is 0.411. The predicted octanol–water partition coefficient (Wildman–Crippen LogP) is 1.88. The van der Waals surface area contributed by atoms with E-state index in [2.05, 4.69) is 24.2 Å². The standard InChI is InChI=1S/C14H28N2O/c1-12-10-16(8-5-9-17-12)11-13-6-3-4-7-14(13)15-2/h12-15H,3-11H2,1-2H3. The van der Waals surface area contributed by atoms with Gasteiger partial charge in [0.1, 0.15) is 0 Å². The highest BCUT2D eigenvalue weighted by Gasteiger charge is 2.26. The Hall–Kier alpha value is -0.120. The molecule has 0 amide bonds. The summed E-state index contributed by atoms with van der Waals surface area (Å²) in [5, 5.41) is 3.51. The smallest absolute Gasteiger partial charge is 0.0673 e. The molecule has 3 heteroatoms. The molecule has 2 aliphatic rings. The number of hydrogen-bond acceptors (Lipinski definition) is 3. The van der Waals surface area contributed by atoms with E-state index < -0.39 is 0 Å². The Morgan fingerprint density at radius 1 is 1.24 bits per heavy atom. The van der Waals surface area contributed by atoms with Crippen molar-refractivity contribution in [2.24, 2.45) is 5.92 Å². The SMILES string of the molecule is CNC1CCCCC1CN1CCCOC(C)C1. The van der Waals surface area contributed by atoms with Crippen LogP contribution in [0.25, 0.3) is 0 Å². The quantitative estimate of drug-likeness (QED) is 0.815. The molecule has 0 bridgehead atoms. The zero-order chi connectivity index (χ0) is 12.1. The van der Waals surface area contributed by atoms with E-state index in [4.69, 9.17) is 4.74 Å². The molecule has 3 nitrogen and oxygen atoms in total. The molecule has 0 aromatic rings. The summed E-state index contributed by atoms with van der Waals surface area (Å²) >= 11 is 0. The van der Waals surface area contributed by atoms with Gasteiger partial charge in [-0.2, -0.15) is 0 Å². The lowest BCUT2D eigenvalue weighted by Crippen LogP contribution is -2.44. The van der Waals surface area contributed by atoms with Crippen molar-refractivity contribution in [2.45, 2.75) is 51.2 Å². The highest BCUT2D eigenvalue weighted by Crippen LogP contribution is 2.25. The fraction of sp³-hybridized carbons (Fsp3) is 1.00. The van der Waals surface area contributed by atoms with Crippen molar-refractivity contribution in [3.05, 3.63) is 0 Å². The van der Waals surface area contributed by atoms with Crippen LogP contribution in [0.4, 0.5) is 0 Å². The number of hydrogen-bond donors (Lipinski definition) is 1. The lowest BCUT2D eigenvalue weighted by molar-refractivity contribution is 0.0628. The number of nitrogens with one attached hydrogen (secondary N) is 1. The highest BCUT2D eigenvalue weighted by molar-refractivity contribution is 4.83. The number of ether oxygens (including phenoxy) is 1. The molecule has 3 atom stereocenters. The van der Waals surface area contributed by atoms with E-state index in [-0.39, 0.29) is 0 Å². The summed E-state index contributed by atoms with van der Waals surface area (Å²) in [5.41, 5.74) is 0. The molecule has 1 saturated heterocycles. The maximum atomic E-state index is 5.72. The second kappa shape index (κ2) is 6.72. The lowest BCUT2D eigenvalue weighted by Gasteiger charge is -2.35. The van der Waals surface area contributed by atoms with Gasteiger partial charge >= 0.3 is 0 Å². The molecule has 2 fully saturated rings. The van der Waals surface area contributed by atoms with Crippen LogP contribution in [0.3, 0.4) is 0 Å². The van der Waals surface area contributed by atoms with Crippen LogP contribution in [-0.4, -0.2) is 50.3 Å². The first-order valence-electron chi connectivity index (χ1n) is 7.31. The summed E-state index contributed by atoms with van der Waals surface area (Å²) in [7, 11) is 2.12. The van der Waals surface area contributed by atoms with Crippen molar-refractivity contribution in [3.63, 3.8) is 0 Å². The topological polar surface area (TPSA) is 24.5 Å². The second-order valence-corrected chi connectivity index (χ2v) is 5.73. The zero-order valence-electron chi connectivity index (χ0n) is 11.5. The summed E-state index contributed by atoms with van der Waals surface area (Å²) in [6, 6.07) is 0.739. The summed E-state index contributed by atoms with van der Waals surface area (Å²) in [6.07, 6.45) is 7.19. The third kappa shape index (κ3) is 3.94. The molecule has 1 N–H and O–H groups in total. The van der Waals surface area contributed by atoms with Crippen molar-refractivity contribution in [1.82, 2.24) is 10.2 Å². The van der Waals surface area contributed by atoms with E-state index in [1.165, 1.54) is 45.2 Å². The summed E-state index contributed by atoms with van der Waals surface area (Å²) in [6.45, 7) is 6.75. The van der Waals surface area contributed by atoms with Crippen molar-refractivity contribution < 1.29 is 4.74 Å². The Morgan fingerprint density at radius 3 is 2.88 bits per heavy atom. The predicted molar refractivity (Wildman–Crippen MR) is 71.3 cm³/mol. The first-order chi connectivity index (χ1) is 8.29. The van der Waals surface area contributed by atoms with Crippen LogP contribution in [0.1, 0.15) is 39.0 Å². The van der Waals surface area contributed by atoms with Crippen molar-refractivity contribution in [1.29, 1.82) is 0 Å². The highest BCUT2D eigenvalue weighted by atomic mass is 16.5. The third-order valence-electron chi connectivity index (χ3n) is 4.31. The fourth-order valence-corrected chi connectivity index (χ4v) is 3.38. The van der Waals surface area contributed by atoms with E-state index in [1.54, 1.807) is 0 Å². The van der Waals surface area contributed by atoms with Crippen LogP contribution < -0.4 is 5.32 Å². The summed E-state index contributed by atoms with van der Waals surface area (Å²) in [4.78, 5) is 2.62. The Labute approximate surface area is 106 Å². The lowest BCUT2D eigenvalue weighted by atomic mass is 9.84. The van der Waals surface area contributed by atoms with Crippen molar-refractivity contribution >= 4 is 0 Å². The monoisotopic (exact) mass is 240 g/mol. The van der Waals surface area contributed by atoms with Crippen LogP contribution in [0.15, 0.2) is 0 Å². The van der Waals surface area contributed by atoms with Gasteiger partial charge in [-0.05, 0) is 39.2 Å².